The van der Waals surface area contributed by atoms with Gasteiger partial charge in [0.05, 0.1) is 5.75 Å². The first-order valence-corrected chi connectivity index (χ1v) is 7.65. The summed E-state index contributed by atoms with van der Waals surface area (Å²) in [5.41, 5.74) is 0.364. The lowest BCUT2D eigenvalue weighted by molar-refractivity contribution is 0.0866. The molecule has 1 heterocycles. The molecule has 1 aliphatic heterocycles. The van der Waals surface area contributed by atoms with Crippen LogP contribution in [0.5, 0.6) is 0 Å². The maximum Gasteiger partial charge on any atom is 0.150 e. The Kier molecular flexibility index (Phi) is 4.18. The molecule has 0 radical (unpaired) electrons. The summed E-state index contributed by atoms with van der Waals surface area (Å²) in [6.07, 6.45) is 1.85. The van der Waals surface area contributed by atoms with Crippen LogP contribution in [0.3, 0.4) is 0 Å². The Morgan fingerprint density at radius 2 is 1.93 bits per heavy atom. The molecule has 0 aromatic carbocycles. The molecule has 90 valence electrons. The van der Waals surface area contributed by atoms with Crippen molar-refractivity contribution < 1.29 is 8.42 Å². The fourth-order valence-corrected chi connectivity index (χ4v) is 2.98. The van der Waals surface area contributed by atoms with E-state index < -0.39 is 9.84 Å². The molecule has 1 saturated heterocycles. The highest BCUT2D eigenvalue weighted by Gasteiger charge is 2.39. The monoisotopic (exact) mass is 233 g/mol. The van der Waals surface area contributed by atoms with E-state index in [9.17, 15) is 8.42 Å². The van der Waals surface area contributed by atoms with Gasteiger partial charge in [0.1, 0.15) is 9.84 Å². The van der Waals surface area contributed by atoms with E-state index in [1.54, 1.807) is 6.92 Å². The number of rotatable bonds is 6. The summed E-state index contributed by atoms with van der Waals surface area (Å²) < 4.78 is 22.7. The van der Waals surface area contributed by atoms with Gasteiger partial charge in [-0.2, -0.15) is 0 Å². The van der Waals surface area contributed by atoms with E-state index in [2.05, 4.69) is 19.2 Å². The molecule has 0 saturated carbocycles. The number of hydrogen-bond acceptors (Lipinski definition) is 3. The van der Waals surface area contributed by atoms with E-state index >= 15 is 0 Å². The lowest BCUT2D eigenvalue weighted by atomic mass is 9.69. The van der Waals surface area contributed by atoms with Crippen molar-refractivity contribution in [3.05, 3.63) is 0 Å². The molecule has 0 aromatic rings. The zero-order valence-electron chi connectivity index (χ0n) is 10.0. The molecule has 0 amide bonds. The summed E-state index contributed by atoms with van der Waals surface area (Å²) in [5.74, 6) is 1.28. The average Bonchev–Trinajstić information content (AvgIpc) is 2.09. The van der Waals surface area contributed by atoms with Gasteiger partial charge in [-0.3, -0.25) is 0 Å². The molecule has 0 unspecified atom stereocenters. The zero-order valence-corrected chi connectivity index (χ0v) is 10.9. The third-order valence-corrected chi connectivity index (χ3v) is 5.54. The highest BCUT2D eigenvalue weighted by Crippen LogP contribution is 2.36. The van der Waals surface area contributed by atoms with Crippen molar-refractivity contribution in [1.82, 2.24) is 5.32 Å². The van der Waals surface area contributed by atoms with Gasteiger partial charge < -0.3 is 5.32 Å². The summed E-state index contributed by atoms with van der Waals surface area (Å²) >= 11 is 0. The Labute approximate surface area is 93.6 Å². The number of hydrogen-bond donors (Lipinski definition) is 1. The predicted molar refractivity (Wildman–Crippen MR) is 63.7 cm³/mol. The van der Waals surface area contributed by atoms with Crippen LogP contribution in [0.4, 0.5) is 0 Å². The molecule has 0 aromatic heterocycles. The first-order valence-electron chi connectivity index (χ1n) is 5.83. The third-order valence-electron chi connectivity index (χ3n) is 3.75. The van der Waals surface area contributed by atoms with Crippen LogP contribution in [0.15, 0.2) is 0 Å². The lowest BCUT2D eigenvalue weighted by Gasteiger charge is -2.46. The van der Waals surface area contributed by atoms with E-state index in [-0.39, 0.29) is 5.75 Å². The summed E-state index contributed by atoms with van der Waals surface area (Å²) in [5, 5.41) is 3.30. The molecule has 15 heavy (non-hydrogen) atoms. The van der Waals surface area contributed by atoms with Crippen LogP contribution < -0.4 is 5.32 Å². The standard InChI is InChI=1S/C11H23NO2S/c1-4-15(13,14)7-5-6-11(10(2)3)8-12-9-11/h10,12H,4-9H2,1-3H3. The van der Waals surface area contributed by atoms with Crippen molar-refractivity contribution in [1.29, 1.82) is 0 Å². The van der Waals surface area contributed by atoms with Gasteiger partial charge in [0, 0.05) is 18.8 Å². The van der Waals surface area contributed by atoms with Crippen molar-refractivity contribution in [2.45, 2.75) is 33.6 Å². The molecule has 0 bridgehead atoms. The van der Waals surface area contributed by atoms with Gasteiger partial charge in [-0.15, -0.1) is 0 Å². The van der Waals surface area contributed by atoms with Gasteiger partial charge in [-0.1, -0.05) is 20.8 Å². The Hall–Kier alpha value is -0.0900. The summed E-state index contributed by atoms with van der Waals surface area (Å²) in [6, 6.07) is 0. The Balaban J connectivity index is 2.37. The molecule has 0 aliphatic carbocycles. The second kappa shape index (κ2) is 4.83. The van der Waals surface area contributed by atoms with Gasteiger partial charge in [-0.05, 0) is 24.2 Å². The SMILES string of the molecule is CCS(=O)(=O)CCCC1(C(C)C)CNC1. The van der Waals surface area contributed by atoms with E-state index in [1.165, 1.54) is 0 Å². The minimum Gasteiger partial charge on any atom is -0.316 e. The van der Waals surface area contributed by atoms with Crippen LogP contribution in [-0.4, -0.2) is 33.0 Å². The largest absolute Gasteiger partial charge is 0.316 e. The van der Waals surface area contributed by atoms with Crippen molar-refractivity contribution in [3.63, 3.8) is 0 Å². The fraction of sp³-hybridized carbons (Fsp3) is 1.00. The Morgan fingerprint density at radius 3 is 2.27 bits per heavy atom. The van der Waals surface area contributed by atoms with Crippen molar-refractivity contribution >= 4 is 9.84 Å². The number of nitrogens with one attached hydrogen (secondary N) is 1. The van der Waals surface area contributed by atoms with Gasteiger partial charge in [0.2, 0.25) is 0 Å². The molecule has 0 atom stereocenters. The topological polar surface area (TPSA) is 46.2 Å². The van der Waals surface area contributed by atoms with Crippen LogP contribution in [-0.2, 0) is 9.84 Å². The van der Waals surface area contributed by atoms with E-state index in [0.29, 0.717) is 17.1 Å². The second-order valence-electron chi connectivity index (χ2n) is 4.96. The smallest absolute Gasteiger partial charge is 0.150 e. The van der Waals surface area contributed by atoms with Crippen molar-refractivity contribution in [2.24, 2.45) is 11.3 Å². The predicted octanol–water partition coefficient (Wildman–Crippen LogP) is 1.45. The summed E-state index contributed by atoms with van der Waals surface area (Å²) in [6.45, 7) is 8.29. The van der Waals surface area contributed by atoms with Crippen LogP contribution >= 0.6 is 0 Å². The molecule has 4 heteroatoms. The molecule has 1 fully saturated rings. The van der Waals surface area contributed by atoms with Gasteiger partial charge >= 0.3 is 0 Å². The molecule has 3 nitrogen and oxygen atoms in total. The summed E-state index contributed by atoms with van der Waals surface area (Å²) in [7, 11) is -2.77. The number of sulfone groups is 1. The molecular weight excluding hydrogens is 210 g/mol. The third kappa shape index (κ3) is 3.18. The van der Waals surface area contributed by atoms with Crippen LogP contribution in [0, 0.1) is 11.3 Å². The minimum atomic E-state index is -2.77. The molecule has 1 rings (SSSR count). The Bertz CT molecular complexity index is 292. The van der Waals surface area contributed by atoms with Gasteiger partial charge in [-0.25, -0.2) is 8.42 Å². The van der Waals surface area contributed by atoms with E-state index in [0.717, 1.165) is 25.9 Å². The maximum absolute atomic E-state index is 11.3. The van der Waals surface area contributed by atoms with Crippen molar-refractivity contribution in [3.8, 4) is 0 Å². The van der Waals surface area contributed by atoms with E-state index in [4.69, 9.17) is 0 Å². The normalized spacial score (nSPS) is 20.3. The van der Waals surface area contributed by atoms with Crippen LogP contribution in [0.25, 0.3) is 0 Å². The van der Waals surface area contributed by atoms with Crippen LogP contribution in [0.2, 0.25) is 0 Å². The van der Waals surface area contributed by atoms with Crippen molar-refractivity contribution in [2.75, 3.05) is 24.6 Å². The summed E-state index contributed by atoms with van der Waals surface area (Å²) in [4.78, 5) is 0. The zero-order chi connectivity index (χ0) is 11.5. The second-order valence-corrected chi connectivity index (χ2v) is 7.43. The first-order chi connectivity index (χ1) is 6.92. The highest BCUT2D eigenvalue weighted by molar-refractivity contribution is 7.91. The molecule has 1 aliphatic rings. The van der Waals surface area contributed by atoms with Gasteiger partial charge in [0.25, 0.3) is 0 Å². The average molecular weight is 233 g/mol. The van der Waals surface area contributed by atoms with Crippen LogP contribution in [0.1, 0.15) is 33.6 Å². The molecular formula is C11H23NO2S. The van der Waals surface area contributed by atoms with E-state index in [1.807, 2.05) is 0 Å². The van der Waals surface area contributed by atoms with Gasteiger partial charge in [0.15, 0.2) is 0 Å². The minimum absolute atomic E-state index is 0.278. The fourth-order valence-electron chi connectivity index (χ4n) is 2.11. The highest BCUT2D eigenvalue weighted by atomic mass is 32.2. The maximum atomic E-state index is 11.3. The molecule has 1 N–H and O–H groups in total. The first kappa shape index (κ1) is 13.0. The lowest BCUT2D eigenvalue weighted by Crippen LogP contribution is -2.56. The molecule has 0 spiro atoms. The quantitative estimate of drug-likeness (QED) is 0.755. The Morgan fingerprint density at radius 1 is 1.33 bits per heavy atom.